The van der Waals surface area contributed by atoms with Gasteiger partial charge in [-0.25, -0.2) is 9.78 Å². The Bertz CT molecular complexity index is 1390. The third-order valence-electron chi connectivity index (χ3n) is 4.55. The van der Waals surface area contributed by atoms with Crippen molar-refractivity contribution in [1.29, 1.82) is 5.26 Å². The lowest BCUT2D eigenvalue weighted by Crippen LogP contribution is -2.15. The van der Waals surface area contributed by atoms with Gasteiger partial charge in [0.25, 0.3) is 5.91 Å². The summed E-state index contributed by atoms with van der Waals surface area (Å²) in [4.78, 5) is 34.6. The number of hydrogen-bond donors (Lipinski definition) is 1. The topological polar surface area (TPSA) is 105 Å². The molecular weight excluding hydrogens is 424 g/mol. The summed E-state index contributed by atoms with van der Waals surface area (Å²) in [7, 11) is 1.27. The van der Waals surface area contributed by atoms with E-state index in [-0.39, 0.29) is 11.1 Å². The monoisotopic (exact) mass is 440 g/mol. The number of carbonyl (C=O) groups excluding carboxylic acids is 2. The fourth-order valence-electron chi connectivity index (χ4n) is 3.00. The number of nitrogens with zero attached hydrogens (tertiary/aromatic N) is 3. The molecule has 8 heteroatoms. The molecular formula is C24H16N4O3S. The standard InChI is InChI=1S/C24H16N4O3S/c1-31-24(30)18-12-21(15-7-3-2-4-8-15)32-23(18)28-22(29)16(13-25)11-17-14-26-19-9-5-6-10-20(19)27-17/h2-12,14H,1H3,(H,28,29). The van der Waals surface area contributed by atoms with E-state index < -0.39 is 11.9 Å². The molecule has 1 amide bonds. The number of thiophene rings is 1. The molecule has 0 aliphatic heterocycles. The minimum absolute atomic E-state index is 0.167. The molecule has 0 unspecified atom stereocenters. The van der Waals surface area contributed by atoms with Gasteiger partial charge in [-0.1, -0.05) is 42.5 Å². The highest BCUT2D eigenvalue weighted by atomic mass is 32.1. The van der Waals surface area contributed by atoms with Crippen LogP contribution in [-0.2, 0) is 9.53 Å². The van der Waals surface area contributed by atoms with Crippen molar-refractivity contribution in [2.75, 3.05) is 12.4 Å². The van der Waals surface area contributed by atoms with E-state index in [0.717, 1.165) is 10.4 Å². The fourth-order valence-corrected chi connectivity index (χ4v) is 4.04. The maximum atomic E-state index is 12.8. The molecule has 0 aliphatic carbocycles. The number of fused-ring (bicyclic) bond motifs is 1. The van der Waals surface area contributed by atoms with E-state index in [9.17, 15) is 14.9 Å². The number of anilines is 1. The van der Waals surface area contributed by atoms with Crippen molar-refractivity contribution < 1.29 is 14.3 Å². The first-order valence-electron chi connectivity index (χ1n) is 9.51. The molecule has 0 bridgehead atoms. The molecule has 0 radical (unpaired) electrons. The average molecular weight is 440 g/mol. The largest absolute Gasteiger partial charge is 0.465 e. The predicted molar refractivity (Wildman–Crippen MR) is 123 cm³/mol. The Kier molecular flexibility index (Phi) is 6.01. The first kappa shape index (κ1) is 20.9. The van der Waals surface area contributed by atoms with Crippen LogP contribution in [0.2, 0.25) is 0 Å². The van der Waals surface area contributed by atoms with Crippen LogP contribution in [0.5, 0.6) is 0 Å². The first-order valence-corrected chi connectivity index (χ1v) is 10.3. The normalized spacial score (nSPS) is 11.1. The van der Waals surface area contributed by atoms with Gasteiger partial charge in [-0.3, -0.25) is 9.78 Å². The minimum atomic E-state index is -0.658. The molecule has 0 saturated carbocycles. The molecule has 0 aliphatic rings. The summed E-state index contributed by atoms with van der Waals surface area (Å²) in [6, 6.07) is 20.3. The van der Waals surface area contributed by atoms with Crippen molar-refractivity contribution in [3.63, 3.8) is 0 Å². The number of aromatic nitrogens is 2. The van der Waals surface area contributed by atoms with E-state index >= 15 is 0 Å². The molecule has 2 aromatic carbocycles. The summed E-state index contributed by atoms with van der Waals surface area (Å²) in [6.45, 7) is 0. The van der Waals surface area contributed by atoms with Gasteiger partial charge in [0, 0.05) is 4.88 Å². The van der Waals surface area contributed by atoms with Crippen LogP contribution in [0.25, 0.3) is 27.6 Å². The lowest BCUT2D eigenvalue weighted by atomic mass is 10.1. The summed E-state index contributed by atoms with van der Waals surface area (Å²) < 4.78 is 4.85. The quantitative estimate of drug-likeness (QED) is 0.274. The Morgan fingerprint density at radius 1 is 1.09 bits per heavy atom. The van der Waals surface area contributed by atoms with Crippen LogP contribution in [0.3, 0.4) is 0 Å². The molecule has 0 saturated heterocycles. The third kappa shape index (κ3) is 4.38. The highest BCUT2D eigenvalue weighted by Crippen LogP contribution is 2.36. The lowest BCUT2D eigenvalue weighted by molar-refractivity contribution is -0.112. The Morgan fingerprint density at radius 3 is 2.53 bits per heavy atom. The van der Waals surface area contributed by atoms with Crippen molar-refractivity contribution in [3.05, 3.63) is 83.7 Å². The maximum absolute atomic E-state index is 12.8. The molecule has 156 valence electrons. The number of para-hydroxylation sites is 2. The highest BCUT2D eigenvalue weighted by molar-refractivity contribution is 7.20. The summed E-state index contributed by atoms with van der Waals surface area (Å²) in [5.41, 5.74) is 2.68. The second kappa shape index (κ2) is 9.20. The van der Waals surface area contributed by atoms with E-state index in [1.165, 1.54) is 30.7 Å². The van der Waals surface area contributed by atoms with Gasteiger partial charge in [-0.15, -0.1) is 11.3 Å². The molecule has 2 aromatic heterocycles. The number of benzene rings is 2. The van der Waals surface area contributed by atoms with Gasteiger partial charge in [0.2, 0.25) is 0 Å². The number of hydrogen-bond acceptors (Lipinski definition) is 7. The number of carbonyl (C=O) groups is 2. The number of rotatable bonds is 5. The number of amides is 1. The second-order valence-corrected chi connectivity index (χ2v) is 7.67. The van der Waals surface area contributed by atoms with Crippen LogP contribution in [0, 0.1) is 11.3 Å². The average Bonchev–Trinajstić information content (AvgIpc) is 3.26. The Labute approximate surface area is 187 Å². The Balaban J connectivity index is 1.65. The van der Waals surface area contributed by atoms with Gasteiger partial charge in [0.1, 0.15) is 16.6 Å². The van der Waals surface area contributed by atoms with Gasteiger partial charge in [-0.2, -0.15) is 5.26 Å². The molecule has 0 spiro atoms. The van der Waals surface area contributed by atoms with Crippen LogP contribution in [0.15, 0.2) is 72.4 Å². The fraction of sp³-hybridized carbons (Fsp3) is 0.0417. The molecule has 0 fully saturated rings. The van der Waals surface area contributed by atoms with Crippen molar-refractivity contribution in [2.24, 2.45) is 0 Å². The second-order valence-electron chi connectivity index (χ2n) is 6.62. The Hall–Kier alpha value is -4.35. The van der Waals surface area contributed by atoms with E-state index in [0.29, 0.717) is 21.7 Å². The van der Waals surface area contributed by atoms with Gasteiger partial charge in [0.15, 0.2) is 0 Å². The van der Waals surface area contributed by atoms with Crippen LogP contribution >= 0.6 is 11.3 Å². The molecule has 4 aromatic rings. The van der Waals surface area contributed by atoms with Crippen molar-refractivity contribution in [1.82, 2.24) is 9.97 Å². The SMILES string of the molecule is COC(=O)c1cc(-c2ccccc2)sc1NC(=O)C(C#N)=Cc1cnc2ccccc2n1. The van der Waals surface area contributed by atoms with Crippen molar-refractivity contribution in [3.8, 4) is 16.5 Å². The zero-order valence-electron chi connectivity index (χ0n) is 16.9. The Morgan fingerprint density at radius 2 is 1.81 bits per heavy atom. The summed E-state index contributed by atoms with van der Waals surface area (Å²) >= 11 is 1.22. The number of ether oxygens (including phenoxy) is 1. The highest BCUT2D eigenvalue weighted by Gasteiger charge is 2.21. The molecule has 32 heavy (non-hydrogen) atoms. The minimum Gasteiger partial charge on any atom is -0.465 e. The number of nitrogens with one attached hydrogen (secondary N) is 1. The molecule has 0 atom stereocenters. The molecule has 1 N–H and O–H groups in total. The van der Waals surface area contributed by atoms with Gasteiger partial charge in [0.05, 0.1) is 35.6 Å². The summed E-state index contributed by atoms with van der Waals surface area (Å²) in [6.07, 6.45) is 2.85. The molecule has 7 nitrogen and oxygen atoms in total. The van der Waals surface area contributed by atoms with E-state index in [1.54, 1.807) is 12.1 Å². The summed E-state index contributed by atoms with van der Waals surface area (Å²) in [5.74, 6) is -1.24. The van der Waals surface area contributed by atoms with Crippen molar-refractivity contribution in [2.45, 2.75) is 0 Å². The van der Waals surface area contributed by atoms with E-state index in [1.807, 2.05) is 54.6 Å². The van der Waals surface area contributed by atoms with E-state index in [2.05, 4.69) is 15.3 Å². The molecule has 2 heterocycles. The zero-order valence-corrected chi connectivity index (χ0v) is 17.7. The van der Waals surface area contributed by atoms with Gasteiger partial charge in [-0.05, 0) is 29.8 Å². The molecule has 4 rings (SSSR count). The maximum Gasteiger partial charge on any atom is 0.340 e. The number of esters is 1. The van der Waals surface area contributed by atoms with E-state index in [4.69, 9.17) is 4.74 Å². The lowest BCUT2D eigenvalue weighted by Gasteiger charge is -2.04. The van der Waals surface area contributed by atoms with Crippen LogP contribution in [0.4, 0.5) is 5.00 Å². The first-order chi connectivity index (χ1) is 15.6. The summed E-state index contributed by atoms with van der Waals surface area (Å²) in [5, 5.41) is 12.5. The predicted octanol–water partition coefficient (Wildman–Crippen LogP) is 4.69. The third-order valence-corrected chi connectivity index (χ3v) is 5.65. The van der Waals surface area contributed by atoms with Crippen LogP contribution in [0.1, 0.15) is 16.1 Å². The van der Waals surface area contributed by atoms with Crippen LogP contribution in [-0.4, -0.2) is 29.0 Å². The van der Waals surface area contributed by atoms with Crippen molar-refractivity contribution >= 4 is 45.3 Å². The number of methoxy groups -OCH3 is 1. The number of nitriles is 1. The smallest absolute Gasteiger partial charge is 0.340 e. The van der Waals surface area contributed by atoms with Gasteiger partial charge < -0.3 is 10.1 Å². The van der Waals surface area contributed by atoms with Gasteiger partial charge >= 0.3 is 5.97 Å². The zero-order chi connectivity index (χ0) is 22.5. The van der Waals surface area contributed by atoms with Crippen LogP contribution < -0.4 is 5.32 Å².